The molecule has 1 fully saturated rings. The summed E-state index contributed by atoms with van der Waals surface area (Å²) < 4.78 is 29.7. The number of likely N-dealkylation sites (tertiary alicyclic amines) is 1. The number of rotatable bonds is 10. The first-order chi connectivity index (χ1) is 19.8. The number of fused-ring (bicyclic) bond motifs is 1. The van der Waals surface area contributed by atoms with Crippen molar-refractivity contribution in [2.24, 2.45) is 5.92 Å². The van der Waals surface area contributed by atoms with Gasteiger partial charge in [-0.05, 0) is 59.0 Å². The lowest BCUT2D eigenvalue weighted by Gasteiger charge is -2.24. The fraction of sp³-hybridized carbons (Fsp3) is 0.219. The number of sulfonamides is 1. The van der Waals surface area contributed by atoms with E-state index < -0.39 is 27.9 Å². The number of hydrogen-bond donors (Lipinski definition) is 2. The first-order valence-electron chi connectivity index (χ1n) is 13.4. The standard InChI is InChI=1S/C32H30N4O4S/c33-21-24-9-6-10-25(19-24)22-36-18-16-29(32(36)38)30(31(37)34-17-15-23-7-2-1-3-8-23)35-41(39,40)28-14-13-26-11-4-5-12-27(26)20-28/h1-14,19-20,29-30,35H,15-18,22H2,(H,34,37)/t29-,30?/m0/s1. The summed E-state index contributed by atoms with van der Waals surface area (Å²) in [5.74, 6) is -1.73. The quantitative estimate of drug-likeness (QED) is 0.303. The van der Waals surface area contributed by atoms with Crippen molar-refractivity contribution in [3.63, 3.8) is 0 Å². The van der Waals surface area contributed by atoms with Gasteiger partial charge in [0.1, 0.15) is 6.04 Å². The molecule has 1 unspecified atom stereocenters. The molecular formula is C32H30N4O4S. The van der Waals surface area contributed by atoms with Gasteiger partial charge in [-0.3, -0.25) is 9.59 Å². The van der Waals surface area contributed by atoms with E-state index in [-0.39, 0.29) is 17.3 Å². The van der Waals surface area contributed by atoms with Crippen LogP contribution in [0, 0.1) is 17.2 Å². The molecule has 8 nitrogen and oxygen atoms in total. The van der Waals surface area contributed by atoms with Crippen LogP contribution in [0.4, 0.5) is 0 Å². The smallest absolute Gasteiger partial charge is 0.241 e. The van der Waals surface area contributed by atoms with E-state index in [1.807, 2.05) is 60.7 Å². The van der Waals surface area contributed by atoms with Crippen molar-refractivity contribution in [1.29, 1.82) is 5.26 Å². The number of nitrogens with one attached hydrogen (secondary N) is 2. The average Bonchev–Trinajstić information content (AvgIpc) is 3.35. The van der Waals surface area contributed by atoms with Gasteiger partial charge >= 0.3 is 0 Å². The molecule has 0 aromatic heterocycles. The molecule has 0 bridgehead atoms. The van der Waals surface area contributed by atoms with Gasteiger partial charge in [-0.25, -0.2) is 8.42 Å². The fourth-order valence-electron chi connectivity index (χ4n) is 5.16. The molecule has 208 valence electrons. The molecule has 2 atom stereocenters. The van der Waals surface area contributed by atoms with Crippen molar-refractivity contribution < 1.29 is 18.0 Å². The molecule has 0 radical (unpaired) electrons. The Labute approximate surface area is 239 Å². The van der Waals surface area contributed by atoms with Gasteiger partial charge in [-0.15, -0.1) is 0 Å². The van der Waals surface area contributed by atoms with Crippen LogP contribution < -0.4 is 10.0 Å². The zero-order valence-corrected chi connectivity index (χ0v) is 23.2. The number of nitriles is 1. The van der Waals surface area contributed by atoms with Crippen LogP contribution in [-0.4, -0.2) is 44.3 Å². The van der Waals surface area contributed by atoms with Crippen molar-refractivity contribution in [3.05, 3.63) is 114 Å². The van der Waals surface area contributed by atoms with Gasteiger partial charge in [-0.2, -0.15) is 9.98 Å². The maximum atomic E-state index is 13.5. The van der Waals surface area contributed by atoms with E-state index in [0.717, 1.165) is 21.9 Å². The molecule has 5 rings (SSSR count). The van der Waals surface area contributed by atoms with Crippen LogP contribution >= 0.6 is 0 Å². The van der Waals surface area contributed by atoms with Crippen LogP contribution in [0.5, 0.6) is 0 Å². The summed E-state index contributed by atoms with van der Waals surface area (Å²) >= 11 is 0. The minimum absolute atomic E-state index is 0.0221. The number of carbonyl (C=O) groups is 2. The summed E-state index contributed by atoms with van der Waals surface area (Å²) in [7, 11) is -4.14. The SMILES string of the molecule is N#Cc1cccc(CN2CC[C@@H](C(NS(=O)(=O)c3ccc4ccccc4c3)C(=O)NCCc3ccccc3)C2=O)c1. The van der Waals surface area contributed by atoms with Gasteiger partial charge in [0.05, 0.1) is 22.4 Å². The number of hydrogen-bond acceptors (Lipinski definition) is 5. The van der Waals surface area contributed by atoms with Crippen molar-refractivity contribution in [2.45, 2.75) is 30.3 Å². The molecular weight excluding hydrogens is 536 g/mol. The Kier molecular flexibility index (Phi) is 8.43. The highest BCUT2D eigenvalue weighted by Gasteiger charge is 2.42. The first kappa shape index (κ1) is 28.0. The second-order valence-corrected chi connectivity index (χ2v) is 11.8. The molecule has 2 amide bonds. The molecule has 4 aromatic carbocycles. The molecule has 0 saturated carbocycles. The topological polar surface area (TPSA) is 119 Å². The van der Waals surface area contributed by atoms with Crippen molar-refractivity contribution >= 4 is 32.6 Å². The summed E-state index contributed by atoms with van der Waals surface area (Å²) in [4.78, 5) is 28.7. The summed E-state index contributed by atoms with van der Waals surface area (Å²) in [6.07, 6.45) is 0.879. The third kappa shape index (κ3) is 6.62. The zero-order valence-electron chi connectivity index (χ0n) is 22.4. The molecule has 41 heavy (non-hydrogen) atoms. The zero-order chi connectivity index (χ0) is 28.8. The van der Waals surface area contributed by atoms with Gasteiger partial charge in [-0.1, -0.05) is 72.8 Å². The van der Waals surface area contributed by atoms with E-state index in [9.17, 15) is 23.3 Å². The Morgan fingerprint density at radius 3 is 2.44 bits per heavy atom. The predicted octanol–water partition coefficient (Wildman–Crippen LogP) is 3.77. The van der Waals surface area contributed by atoms with Gasteiger partial charge in [0, 0.05) is 19.6 Å². The number of benzene rings is 4. The molecule has 0 spiro atoms. The molecule has 1 saturated heterocycles. The maximum Gasteiger partial charge on any atom is 0.241 e. The van der Waals surface area contributed by atoms with Gasteiger partial charge in [0.2, 0.25) is 21.8 Å². The van der Waals surface area contributed by atoms with Gasteiger partial charge < -0.3 is 10.2 Å². The predicted molar refractivity (Wildman–Crippen MR) is 156 cm³/mol. The Morgan fingerprint density at radius 1 is 0.927 bits per heavy atom. The van der Waals surface area contributed by atoms with Crippen molar-refractivity contribution in [3.8, 4) is 6.07 Å². The second-order valence-electron chi connectivity index (χ2n) is 10.1. The summed E-state index contributed by atoms with van der Waals surface area (Å²) in [5.41, 5.74) is 2.31. The van der Waals surface area contributed by atoms with Crippen LogP contribution in [0.25, 0.3) is 10.8 Å². The van der Waals surface area contributed by atoms with E-state index in [1.54, 1.807) is 35.2 Å². The van der Waals surface area contributed by atoms with Crippen LogP contribution in [0.1, 0.15) is 23.1 Å². The van der Waals surface area contributed by atoms with Crippen molar-refractivity contribution in [1.82, 2.24) is 14.9 Å². The third-order valence-electron chi connectivity index (χ3n) is 7.32. The molecule has 4 aromatic rings. The van der Waals surface area contributed by atoms with Crippen LogP contribution in [0.2, 0.25) is 0 Å². The monoisotopic (exact) mass is 566 g/mol. The van der Waals surface area contributed by atoms with Crippen LogP contribution in [-0.2, 0) is 32.6 Å². The highest BCUT2D eigenvalue weighted by atomic mass is 32.2. The largest absolute Gasteiger partial charge is 0.354 e. The van der Waals surface area contributed by atoms with E-state index in [2.05, 4.69) is 16.1 Å². The minimum atomic E-state index is -4.14. The summed E-state index contributed by atoms with van der Waals surface area (Å²) in [6, 6.07) is 29.6. The number of nitrogens with zero attached hydrogens (tertiary/aromatic N) is 2. The van der Waals surface area contributed by atoms with Crippen LogP contribution in [0.3, 0.4) is 0 Å². The highest BCUT2D eigenvalue weighted by Crippen LogP contribution is 2.26. The Bertz CT molecular complexity index is 1720. The van der Waals surface area contributed by atoms with Gasteiger partial charge in [0.15, 0.2) is 0 Å². The third-order valence-corrected chi connectivity index (χ3v) is 8.76. The minimum Gasteiger partial charge on any atom is -0.354 e. The van der Waals surface area contributed by atoms with E-state index in [4.69, 9.17) is 0 Å². The maximum absolute atomic E-state index is 13.5. The Morgan fingerprint density at radius 2 is 1.66 bits per heavy atom. The molecule has 9 heteroatoms. The average molecular weight is 567 g/mol. The van der Waals surface area contributed by atoms with Crippen LogP contribution in [0.15, 0.2) is 102 Å². The highest BCUT2D eigenvalue weighted by molar-refractivity contribution is 7.89. The number of carbonyl (C=O) groups excluding carboxylic acids is 2. The number of amides is 2. The van der Waals surface area contributed by atoms with Gasteiger partial charge in [0.25, 0.3) is 0 Å². The van der Waals surface area contributed by atoms with E-state index in [1.165, 1.54) is 6.07 Å². The lowest BCUT2D eigenvalue weighted by Crippen LogP contribution is -2.53. The molecule has 2 N–H and O–H groups in total. The fourth-order valence-corrected chi connectivity index (χ4v) is 6.43. The Balaban J connectivity index is 1.37. The lowest BCUT2D eigenvalue weighted by atomic mass is 9.98. The summed E-state index contributed by atoms with van der Waals surface area (Å²) in [6.45, 7) is 0.930. The lowest BCUT2D eigenvalue weighted by molar-refractivity contribution is -0.135. The molecule has 0 aliphatic carbocycles. The summed E-state index contributed by atoms with van der Waals surface area (Å²) in [5, 5.41) is 13.7. The molecule has 1 aliphatic rings. The van der Waals surface area contributed by atoms with E-state index in [0.29, 0.717) is 31.5 Å². The normalized spacial score (nSPS) is 15.9. The Hall–Kier alpha value is -4.52. The van der Waals surface area contributed by atoms with E-state index >= 15 is 0 Å². The van der Waals surface area contributed by atoms with Crippen molar-refractivity contribution in [2.75, 3.05) is 13.1 Å². The first-order valence-corrected chi connectivity index (χ1v) is 14.9. The second kappa shape index (κ2) is 12.3. The molecule has 1 aliphatic heterocycles. The molecule has 1 heterocycles.